The molecule has 0 unspecified atom stereocenters. The van der Waals surface area contributed by atoms with Gasteiger partial charge in [-0.15, -0.1) is 0 Å². The summed E-state index contributed by atoms with van der Waals surface area (Å²) in [6, 6.07) is 7.75. The van der Waals surface area contributed by atoms with Gasteiger partial charge in [0.2, 0.25) is 5.91 Å². The van der Waals surface area contributed by atoms with E-state index in [0.29, 0.717) is 6.42 Å². The zero-order valence-electron chi connectivity index (χ0n) is 11.4. The first-order chi connectivity index (χ1) is 7.74. The lowest BCUT2D eigenvalue weighted by atomic mass is 10.2. The van der Waals surface area contributed by atoms with E-state index >= 15 is 0 Å². The molecule has 1 amide bonds. The maximum absolute atomic E-state index is 11.0. The maximum atomic E-state index is 11.0. The van der Waals surface area contributed by atoms with E-state index in [4.69, 9.17) is 0 Å². The third-order valence-electron chi connectivity index (χ3n) is 1.74. The van der Waals surface area contributed by atoms with Crippen molar-refractivity contribution in [3.05, 3.63) is 29.8 Å². The minimum Gasteiger partial charge on any atom is -0.326 e. The number of carbonyl (C=O) groups excluding carboxylic acids is 1. The quantitative estimate of drug-likeness (QED) is 0.791. The number of hydrogen-bond acceptors (Lipinski definition) is 1. The molecule has 0 saturated heterocycles. The third-order valence-corrected chi connectivity index (χ3v) is 1.74. The molecule has 2 heteroatoms. The van der Waals surface area contributed by atoms with Crippen LogP contribution in [-0.2, 0) is 4.79 Å². The third kappa shape index (κ3) is 7.04. The Balaban J connectivity index is 0. The van der Waals surface area contributed by atoms with Crippen molar-refractivity contribution in [2.24, 2.45) is 0 Å². The van der Waals surface area contributed by atoms with Crippen LogP contribution in [0.2, 0.25) is 0 Å². The molecule has 92 valence electrons. The van der Waals surface area contributed by atoms with E-state index in [2.05, 4.69) is 5.32 Å². The van der Waals surface area contributed by atoms with E-state index in [-0.39, 0.29) is 5.91 Å². The van der Waals surface area contributed by atoms with Gasteiger partial charge in [0.1, 0.15) is 0 Å². The molecule has 0 aliphatic rings. The molecule has 0 spiro atoms. The second-order valence-electron chi connectivity index (χ2n) is 2.72. The fraction of sp³-hybridized carbons (Fsp3) is 0.500. The molecule has 2 nitrogen and oxygen atoms in total. The second kappa shape index (κ2) is 11.8. The van der Waals surface area contributed by atoms with Crippen LogP contribution < -0.4 is 5.32 Å². The summed E-state index contributed by atoms with van der Waals surface area (Å²) < 4.78 is 0. The van der Waals surface area contributed by atoms with Gasteiger partial charge in [-0.3, -0.25) is 4.79 Å². The van der Waals surface area contributed by atoms with Crippen molar-refractivity contribution in [2.45, 2.75) is 48.0 Å². The van der Waals surface area contributed by atoms with Crippen LogP contribution in [0.25, 0.3) is 0 Å². The van der Waals surface area contributed by atoms with Crippen LogP contribution >= 0.6 is 0 Å². The molecule has 0 aliphatic carbocycles. The largest absolute Gasteiger partial charge is 0.326 e. The van der Waals surface area contributed by atoms with E-state index in [1.807, 2.05) is 65.8 Å². The number of anilines is 1. The monoisotopic (exact) mass is 223 g/mol. The number of hydrogen-bond donors (Lipinski definition) is 1. The van der Waals surface area contributed by atoms with Crippen LogP contribution in [0.15, 0.2) is 24.3 Å². The van der Waals surface area contributed by atoms with Gasteiger partial charge in [0.15, 0.2) is 0 Å². The summed E-state index contributed by atoms with van der Waals surface area (Å²) in [4.78, 5) is 11.0. The molecule has 16 heavy (non-hydrogen) atoms. The van der Waals surface area contributed by atoms with Crippen LogP contribution in [0.3, 0.4) is 0 Å². The fourth-order valence-corrected chi connectivity index (χ4v) is 0.952. The van der Waals surface area contributed by atoms with Crippen LogP contribution in [0.1, 0.15) is 46.6 Å². The van der Waals surface area contributed by atoms with Crippen molar-refractivity contribution in [1.29, 1.82) is 0 Å². The lowest BCUT2D eigenvalue weighted by Crippen LogP contribution is -2.10. The van der Waals surface area contributed by atoms with Gasteiger partial charge in [-0.2, -0.15) is 0 Å². The average Bonchev–Trinajstić information content (AvgIpc) is 2.37. The average molecular weight is 223 g/mol. The lowest BCUT2D eigenvalue weighted by molar-refractivity contribution is -0.115. The molecule has 0 atom stereocenters. The summed E-state index contributed by atoms with van der Waals surface area (Å²) in [5, 5.41) is 2.82. The summed E-state index contributed by atoms with van der Waals surface area (Å²) in [5.74, 6) is 0.0595. The van der Waals surface area contributed by atoms with Gasteiger partial charge in [-0.05, 0) is 18.6 Å². The van der Waals surface area contributed by atoms with Crippen molar-refractivity contribution in [1.82, 2.24) is 0 Å². The minimum atomic E-state index is 0.0595. The van der Waals surface area contributed by atoms with Gasteiger partial charge >= 0.3 is 0 Å². The maximum Gasteiger partial charge on any atom is 0.224 e. The lowest BCUT2D eigenvalue weighted by Gasteiger charge is -2.05. The molecule has 1 rings (SSSR count). The first-order valence-corrected chi connectivity index (χ1v) is 6.09. The molecular weight excluding hydrogens is 198 g/mol. The van der Waals surface area contributed by atoms with E-state index in [1.165, 1.54) is 0 Å². The van der Waals surface area contributed by atoms with Gasteiger partial charge in [0.25, 0.3) is 0 Å². The number of nitrogens with one attached hydrogen (secondary N) is 1. The van der Waals surface area contributed by atoms with Crippen LogP contribution in [-0.4, -0.2) is 5.91 Å². The van der Waals surface area contributed by atoms with E-state index < -0.39 is 0 Å². The van der Waals surface area contributed by atoms with Gasteiger partial charge in [-0.1, -0.05) is 52.8 Å². The highest BCUT2D eigenvalue weighted by molar-refractivity contribution is 5.91. The van der Waals surface area contributed by atoms with Crippen LogP contribution in [0.4, 0.5) is 5.69 Å². The standard InChI is InChI=1S/C10H13NO.2C2H6/c1-3-10(12)11-9-7-5-4-6-8(9)2;2*1-2/h4-7H,3H2,1-2H3,(H,11,12);2*1-2H3. The highest BCUT2D eigenvalue weighted by Crippen LogP contribution is 2.12. The molecule has 0 bridgehead atoms. The van der Waals surface area contributed by atoms with Gasteiger partial charge < -0.3 is 5.32 Å². The smallest absolute Gasteiger partial charge is 0.224 e. The summed E-state index contributed by atoms with van der Waals surface area (Å²) in [6.45, 7) is 11.8. The Kier molecular flexibility index (Phi) is 12.6. The highest BCUT2D eigenvalue weighted by Gasteiger charge is 1.99. The topological polar surface area (TPSA) is 29.1 Å². The summed E-state index contributed by atoms with van der Waals surface area (Å²) in [5.41, 5.74) is 2.00. The molecular formula is C14H25NO. The first-order valence-electron chi connectivity index (χ1n) is 6.09. The summed E-state index contributed by atoms with van der Waals surface area (Å²) in [7, 11) is 0. The molecule has 0 aliphatic heterocycles. The first kappa shape index (κ1) is 17.1. The molecule has 1 aromatic rings. The van der Waals surface area contributed by atoms with Crippen LogP contribution in [0.5, 0.6) is 0 Å². The Morgan fingerprint density at radius 2 is 1.62 bits per heavy atom. The van der Waals surface area contributed by atoms with Gasteiger partial charge in [0.05, 0.1) is 0 Å². The second-order valence-corrected chi connectivity index (χ2v) is 2.72. The van der Waals surface area contributed by atoms with Crippen molar-refractivity contribution in [3.8, 4) is 0 Å². The van der Waals surface area contributed by atoms with Gasteiger partial charge in [0, 0.05) is 12.1 Å². The number of carbonyl (C=O) groups is 1. The van der Waals surface area contributed by atoms with Gasteiger partial charge in [-0.25, -0.2) is 0 Å². The minimum absolute atomic E-state index is 0.0595. The molecule has 0 fully saturated rings. The number of benzene rings is 1. The zero-order valence-corrected chi connectivity index (χ0v) is 11.4. The van der Waals surface area contributed by atoms with Crippen LogP contribution in [0, 0.1) is 6.92 Å². The van der Waals surface area contributed by atoms with Crippen molar-refractivity contribution >= 4 is 11.6 Å². The predicted octanol–water partition coefficient (Wildman–Crippen LogP) is 4.40. The fourth-order valence-electron chi connectivity index (χ4n) is 0.952. The zero-order chi connectivity index (χ0) is 13.0. The number of aryl methyl sites for hydroxylation is 1. The Morgan fingerprint density at radius 3 is 2.06 bits per heavy atom. The molecule has 0 radical (unpaired) electrons. The predicted molar refractivity (Wildman–Crippen MR) is 72.8 cm³/mol. The Morgan fingerprint density at radius 1 is 1.12 bits per heavy atom. The van der Waals surface area contributed by atoms with E-state index in [0.717, 1.165) is 11.3 Å². The normalized spacial score (nSPS) is 7.88. The SMILES string of the molecule is CC.CC.CCC(=O)Nc1ccccc1C. The number of amides is 1. The Labute approximate surface area is 100 Å². The Bertz CT molecular complexity index is 282. The molecule has 1 N–H and O–H groups in total. The van der Waals surface area contributed by atoms with Crippen molar-refractivity contribution in [2.75, 3.05) is 5.32 Å². The van der Waals surface area contributed by atoms with E-state index in [1.54, 1.807) is 0 Å². The summed E-state index contributed by atoms with van der Waals surface area (Å²) >= 11 is 0. The number of rotatable bonds is 2. The van der Waals surface area contributed by atoms with Crippen molar-refractivity contribution in [3.63, 3.8) is 0 Å². The molecule has 0 aromatic heterocycles. The Hall–Kier alpha value is -1.31. The molecule has 0 heterocycles. The molecule has 0 saturated carbocycles. The van der Waals surface area contributed by atoms with Crippen molar-refractivity contribution < 1.29 is 4.79 Å². The highest BCUT2D eigenvalue weighted by atomic mass is 16.1. The molecule has 1 aromatic carbocycles. The van der Waals surface area contributed by atoms with E-state index in [9.17, 15) is 4.79 Å². The number of para-hydroxylation sites is 1. The summed E-state index contributed by atoms with van der Waals surface area (Å²) in [6.07, 6.45) is 0.522.